The van der Waals surface area contributed by atoms with Crippen LogP contribution in [0.4, 0.5) is 0 Å². The van der Waals surface area contributed by atoms with Gasteiger partial charge in [0.2, 0.25) is 5.79 Å². The lowest BCUT2D eigenvalue weighted by atomic mass is 9.96. The molecule has 1 heterocycles. The zero-order chi connectivity index (χ0) is 10.9. The molecule has 0 radical (unpaired) electrons. The van der Waals surface area contributed by atoms with Gasteiger partial charge < -0.3 is 35.0 Å². The maximum absolute atomic E-state index is 9.46. The lowest BCUT2D eigenvalue weighted by Crippen LogP contribution is -2.66. The molecule has 0 aromatic rings. The Balaban J connectivity index is 2.84. The second-order valence-electron chi connectivity index (χ2n) is 3.15. The molecule has 14 heavy (non-hydrogen) atoms. The van der Waals surface area contributed by atoms with Gasteiger partial charge >= 0.3 is 0 Å². The van der Waals surface area contributed by atoms with Gasteiger partial charge in [0, 0.05) is 7.11 Å². The quantitative estimate of drug-likeness (QED) is 0.325. The Morgan fingerprint density at radius 2 is 1.86 bits per heavy atom. The molecule has 1 fully saturated rings. The molecule has 7 heteroatoms. The number of hydrogen-bond donors (Lipinski definition) is 5. The van der Waals surface area contributed by atoms with Crippen LogP contribution >= 0.6 is 0 Å². The number of methoxy groups -OCH3 is 1. The molecule has 0 saturated carbocycles. The van der Waals surface area contributed by atoms with Gasteiger partial charge in [0.15, 0.2) is 6.29 Å². The molecule has 0 aromatic heterocycles. The van der Waals surface area contributed by atoms with Gasteiger partial charge in [-0.15, -0.1) is 0 Å². The Morgan fingerprint density at radius 3 is 2.29 bits per heavy atom. The summed E-state index contributed by atoms with van der Waals surface area (Å²) >= 11 is 0. The average Bonchev–Trinajstić information content (AvgIpc) is 2.20. The molecule has 5 atom stereocenters. The number of aliphatic hydroxyl groups is 5. The van der Waals surface area contributed by atoms with Crippen molar-refractivity contribution in [2.45, 2.75) is 30.4 Å². The first-order valence-corrected chi connectivity index (χ1v) is 4.04. The van der Waals surface area contributed by atoms with Crippen molar-refractivity contribution in [3.63, 3.8) is 0 Å². The Hall–Kier alpha value is -0.280. The van der Waals surface area contributed by atoms with Crippen molar-refractivity contribution in [1.82, 2.24) is 0 Å². The minimum Gasteiger partial charge on any atom is -0.391 e. The van der Waals surface area contributed by atoms with Crippen LogP contribution in [-0.2, 0) is 9.47 Å². The molecule has 2 unspecified atom stereocenters. The topological polar surface area (TPSA) is 120 Å². The first-order valence-electron chi connectivity index (χ1n) is 4.04. The SMILES string of the molecule is COC1OC(O)(CO)[C@H](O)[C@@H](O)[C@H]1O. The predicted octanol–water partition coefficient (Wildman–Crippen LogP) is -3.25. The third-order valence-corrected chi connectivity index (χ3v) is 2.19. The van der Waals surface area contributed by atoms with Crippen molar-refractivity contribution in [1.29, 1.82) is 0 Å². The van der Waals surface area contributed by atoms with Crippen LogP contribution in [-0.4, -0.2) is 69.6 Å². The molecule has 0 aliphatic carbocycles. The van der Waals surface area contributed by atoms with E-state index < -0.39 is 37.0 Å². The highest BCUT2D eigenvalue weighted by Crippen LogP contribution is 2.27. The Kier molecular flexibility index (Phi) is 3.43. The number of hydrogen-bond acceptors (Lipinski definition) is 7. The Bertz CT molecular complexity index is 196. The van der Waals surface area contributed by atoms with Crippen molar-refractivity contribution in [3.05, 3.63) is 0 Å². The normalized spacial score (nSPS) is 49.3. The van der Waals surface area contributed by atoms with E-state index in [1.54, 1.807) is 0 Å². The van der Waals surface area contributed by atoms with E-state index in [1.807, 2.05) is 0 Å². The summed E-state index contributed by atoms with van der Waals surface area (Å²) in [5.74, 6) is -2.32. The smallest absolute Gasteiger partial charge is 0.221 e. The van der Waals surface area contributed by atoms with Crippen molar-refractivity contribution < 1.29 is 35.0 Å². The minimum absolute atomic E-state index is 0.919. The van der Waals surface area contributed by atoms with Gasteiger partial charge in [0.1, 0.15) is 18.3 Å². The van der Waals surface area contributed by atoms with Crippen LogP contribution in [0.25, 0.3) is 0 Å². The van der Waals surface area contributed by atoms with E-state index in [1.165, 1.54) is 7.11 Å². The van der Waals surface area contributed by atoms with E-state index in [0.29, 0.717) is 0 Å². The molecule has 1 aliphatic heterocycles. The highest BCUT2D eigenvalue weighted by atomic mass is 16.8. The van der Waals surface area contributed by atoms with Gasteiger partial charge in [0.05, 0.1) is 6.61 Å². The van der Waals surface area contributed by atoms with Gasteiger partial charge in [0.25, 0.3) is 0 Å². The number of ether oxygens (including phenoxy) is 2. The lowest BCUT2D eigenvalue weighted by Gasteiger charge is -2.44. The van der Waals surface area contributed by atoms with Crippen molar-refractivity contribution in [2.24, 2.45) is 0 Å². The van der Waals surface area contributed by atoms with Gasteiger partial charge in [-0.05, 0) is 0 Å². The molecule has 1 rings (SSSR count). The Morgan fingerprint density at radius 1 is 1.29 bits per heavy atom. The van der Waals surface area contributed by atoms with Crippen LogP contribution in [0.3, 0.4) is 0 Å². The van der Waals surface area contributed by atoms with Crippen LogP contribution in [0.15, 0.2) is 0 Å². The van der Waals surface area contributed by atoms with Crippen molar-refractivity contribution in [3.8, 4) is 0 Å². The maximum atomic E-state index is 9.46. The van der Waals surface area contributed by atoms with Crippen LogP contribution in [0.1, 0.15) is 0 Å². The second kappa shape index (κ2) is 4.07. The zero-order valence-corrected chi connectivity index (χ0v) is 7.57. The van der Waals surface area contributed by atoms with E-state index in [2.05, 4.69) is 4.74 Å². The average molecular weight is 210 g/mol. The van der Waals surface area contributed by atoms with Gasteiger partial charge in [-0.3, -0.25) is 0 Å². The van der Waals surface area contributed by atoms with Crippen LogP contribution in [0, 0.1) is 0 Å². The van der Waals surface area contributed by atoms with E-state index in [0.717, 1.165) is 0 Å². The fourth-order valence-corrected chi connectivity index (χ4v) is 1.27. The van der Waals surface area contributed by atoms with Crippen LogP contribution < -0.4 is 0 Å². The summed E-state index contributed by atoms with van der Waals surface area (Å²) < 4.78 is 9.30. The first-order chi connectivity index (χ1) is 6.46. The molecule has 0 amide bonds. The summed E-state index contributed by atoms with van der Waals surface area (Å²) in [7, 11) is 1.19. The first kappa shape index (κ1) is 11.8. The number of aliphatic hydroxyl groups excluding tert-OH is 4. The summed E-state index contributed by atoms with van der Waals surface area (Å²) in [5.41, 5.74) is 0. The Labute approximate surface area is 80.1 Å². The maximum Gasteiger partial charge on any atom is 0.221 e. The molecule has 0 spiro atoms. The van der Waals surface area contributed by atoms with E-state index in [-0.39, 0.29) is 0 Å². The molecule has 84 valence electrons. The van der Waals surface area contributed by atoms with Gasteiger partial charge in [-0.2, -0.15) is 0 Å². The van der Waals surface area contributed by atoms with Gasteiger partial charge in [-0.1, -0.05) is 0 Å². The van der Waals surface area contributed by atoms with Crippen molar-refractivity contribution in [2.75, 3.05) is 13.7 Å². The molecule has 7 nitrogen and oxygen atoms in total. The molecule has 0 aromatic carbocycles. The second-order valence-corrected chi connectivity index (χ2v) is 3.15. The zero-order valence-electron chi connectivity index (χ0n) is 7.57. The standard InChI is InChI=1S/C7H14O7/c1-13-6-4(10)3(9)5(11)7(12,2-8)14-6/h3-6,8-12H,2H2,1H3/t3-,4+,5+,6?,7?/m0/s1. The monoisotopic (exact) mass is 210 g/mol. The fourth-order valence-electron chi connectivity index (χ4n) is 1.27. The van der Waals surface area contributed by atoms with Crippen molar-refractivity contribution >= 4 is 0 Å². The molecular formula is C7H14O7. The summed E-state index contributed by atoms with van der Waals surface area (Å²) in [6.07, 6.45) is -6.23. The third kappa shape index (κ3) is 1.75. The molecule has 1 saturated heterocycles. The third-order valence-electron chi connectivity index (χ3n) is 2.19. The van der Waals surface area contributed by atoms with Crippen LogP contribution in [0.2, 0.25) is 0 Å². The summed E-state index contributed by atoms with van der Waals surface area (Å²) in [5, 5.41) is 46.1. The number of rotatable bonds is 2. The molecule has 1 aliphatic rings. The fraction of sp³-hybridized carbons (Fsp3) is 1.00. The minimum atomic E-state index is -2.32. The van der Waals surface area contributed by atoms with E-state index >= 15 is 0 Å². The van der Waals surface area contributed by atoms with Gasteiger partial charge in [-0.25, -0.2) is 0 Å². The molecular weight excluding hydrogens is 196 g/mol. The molecule has 5 N–H and O–H groups in total. The van der Waals surface area contributed by atoms with E-state index in [9.17, 15) is 20.4 Å². The highest BCUT2D eigenvalue weighted by Gasteiger charge is 2.52. The largest absolute Gasteiger partial charge is 0.391 e. The van der Waals surface area contributed by atoms with E-state index in [4.69, 9.17) is 9.84 Å². The van der Waals surface area contributed by atoms with Crippen LogP contribution in [0.5, 0.6) is 0 Å². The molecule has 0 bridgehead atoms. The predicted molar refractivity (Wildman–Crippen MR) is 41.9 cm³/mol. The summed E-state index contributed by atoms with van der Waals surface area (Å²) in [6, 6.07) is 0. The summed E-state index contributed by atoms with van der Waals surface area (Å²) in [4.78, 5) is 0. The summed E-state index contributed by atoms with van der Waals surface area (Å²) in [6.45, 7) is -0.919. The lowest BCUT2D eigenvalue weighted by molar-refractivity contribution is -0.393. The highest BCUT2D eigenvalue weighted by molar-refractivity contribution is 4.93.